The Labute approximate surface area is 98.6 Å². The van der Waals surface area contributed by atoms with Crippen LogP contribution in [-0.2, 0) is 0 Å². The molecule has 2 N–H and O–H groups in total. The van der Waals surface area contributed by atoms with Crippen molar-refractivity contribution in [2.75, 3.05) is 6.54 Å². The standard InChI is InChI=1S/C13H14N4/c1-2-10(14-6-1)9-3-4-12-11(8-9)16-13-5-7-15-17(12)13/h3-5,7-8,10,14-15H,1-2,6H2. The topological polar surface area (TPSA) is 45.1 Å². The second-order valence-electron chi connectivity index (χ2n) is 4.66. The third-order valence-electron chi connectivity index (χ3n) is 3.60. The fraction of sp³-hybridized carbons (Fsp3) is 0.308. The highest BCUT2D eigenvalue weighted by Crippen LogP contribution is 2.26. The lowest BCUT2D eigenvalue weighted by Gasteiger charge is -2.09. The summed E-state index contributed by atoms with van der Waals surface area (Å²) in [6, 6.07) is 9.08. The summed E-state index contributed by atoms with van der Waals surface area (Å²) in [7, 11) is 0. The minimum Gasteiger partial charge on any atom is -0.310 e. The molecular weight excluding hydrogens is 212 g/mol. The number of hydrogen-bond donors (Lipinski definition) is 2. The number of rotatable bonds is 1. The molecule has 0 amide bonds. The van der Waals surface area contributed by atoms with Gasteiger partial charge in [0, 0.05) is 18.3 Å². The molecule has 1 atom stereocenters. The van der Waals surface area contributed by atoms with Crippen LogP contribution in [0.3, 0.4) is 0 Å². The average Bonchev–Trinajstić information content (AvgIpc) is 3.04. The van der Waals surface area contributed by atoms with E-state index in [4.69, 9.17) is 0 Å². The molecule has 1 aliphatic heterocycles. The Morgan fingerprint density at radius 1 is 1.29 bits per heavy atom. The maximum Gasteiger partial charge on any atom is 0.154 e. The van der Waals surface area contributed by atoms with Crippen molar-refractivity contribution in [3.8, 4) is 0 Å². The first-order valence-electron chi connectivity index (χ1n) is 6.11. The lowest BCUT2D eigenvalue weighted by atomic mass is 10.1. The zero-order valence-corrected chi connectivity index (χ0v) is 9.48. The van der Waals surface area contributed by atoms with Crippen LogP contribution in [0.4, 0.5) is 0 Å². The SMILES string of the molecule is c1cc2nc3cc(C4CCCN4)ccc3n2[nH]1. The molecule has 2 aromatic heterocycles. The van der Waals surface area contributed by atoms with E-state index in [1.165, 1.54) is 18.4 Å². The summed E-state index contributed by atoms with van der Waals surface area (Å²) in [4.78, 5) is 4.61. The molecule has 1 fully saturated rings. The Kier molecular flexibility index (Phi) is 1.82. The monoisotopic (exact) mass is 226 g/mol. The van der Waals surface area contributed by atoms with E-state index < -0.39 is 0 Å². The predicted octanol–water partition coefficient (Wildman–Crippen LogP) is 2.24. The van der Waals surface area contributed by atoms with E-state index in [1.807, 2.05) is 16.8 Å². The van der Waals surface area contributed by atoms with Crippen molar-refractivity contribution < 1.29 is 0 Å². The number of nitrogens with one attached hydrogen (secondary N) is 2. The number of aromatic amines is 1. The van der Waals surface area contributed by atoms with E-state index in [-0.39, 0.29) is 0 Å². The third kappa shape index (κ3) is 1.31. The maximum atomic E-state index is 4.61. The lowest BCUT2D eigenvalue weighted by molar-refractivity contribution is 0.648. The van der Waals surface area contributed by atoms with Crippen molar-refractivity contribution >= 4 is 16.7 Å². The van der Waals surface area contributed by atoms with Crippen LogP contribution >= 0.6 is 0 Å². The second-order valence-corrected chi connectivity index (χ2v) is 4.66. The summed E-state index contributed by atoms with van der Waals surface area (Å²) in [6.45, 7) is 1.13. The number of fused-ring (bicyclic) bond motifs is 3. The molecular formula is C13H14N4. The van der Waals surface area contributed by atoms with Gasteiger partial charge in [0.2, 0.25) is 0 Å². The molecule has 1 aromatic carbocycles. The van der Waals surface area contributed by atoms with Gasteiger partial charge in [0.1, 0.15) is 0 Å². The molecule has 4 rings (SSSR count). The fourth-order valence-corrected chi connectivity index (χ4v) is 2.74. The van der Waals surface area contributed by atoms with Gasteiger partial charge >= 0.3 is 0 Å². The minimum absolute atomic E-state index is 0.513. The van der Waals surface area contributed by atoms with Crippen molar-refractivity contribution in [3.63, 3.8) is 0 Å². The maximum absolute atomic E-state index is 4.61. The molecule has 1 saturated heterocycles. The van der Waals surface area contributed by atoms with E-state index in [9.17, 15) is 0 Å². The highest BCUT2D eigenvalue weighted by Gasteiger charge is 2.17. The van der Waals surface area contributed by atoms with Gasteiger partial charge in [-0.2, -0.15) is 0 Å². The van der Waals surface area contributed by atoms with Gasteiger partial charge < -0.3 is 5.32 Å². The number of nitrogens with zero attached hydrogens (tertiary/aromatic N) is 2. The first-order valence-corrected chi connectivity index (χ1v) is 6.11. The second kappa shape index (κ2) is 3.34. The predicted molar refractivity (Wildman–Crippen MR) is 67.0 cm³/mol. The molecule has 0 spiro atoms. The average molecular weight is 226 g/mol. The molecule has 0 saturated carbocycles. The van der Waals surface area contributed by atoms with Gasteiger partial charge in [-0.15, -0.1) is 0 Å². The summed E-state index contributed by atoms with van der Waals surface area (Å²) in [5.41, 5.74) is 4.56. The van der Waals surface area contributed by atoms with Crippen molar-refractivity contribution in [1.29, 1.82) is 0 Å². The van der Waals surface area contributed by atoms with Gasteiger partial charge in [-0.25, -0.2) is 9.50 Å². The van der Waals surface area contributed by atoms with Gasteiger partial charge in [-0.1, -0.05) is 6.07 Å². The lowest BCUT2D eigenvalue weighted by Crippen LogP contribution is -2.12. The molecule has 0 radical (unpaired) electrons. The smallest absolute Gasteiger partial charge is 0.154 e. The van der Waals surface area contributed by atoms with E-state index >= 15 is 0 Å². The van der Waals surface area contributed by atoms with Crippen LogP contribution in [0.25, 0.3) is 16.7 Å². The zero-order valence-electron chi connectivity index (χ0n) is 9.48. The molecule has 3 heterocycles. The van der Waals surface area contributed by atoms with Crippen LogP contribution in [0.15, 0.2) is 30.5 Å². The van der Waals surface area contributed by atoms with E-state index in [2.05, 4.69) is 33.6 Å². The number of H-pyrrole nitrogens is 1. The zero-order chi connectivity index (χ0) is 11.2. The molecule has 0 aliphatic carbocycles. The highest BCUT2D eigenvalue weighted by atomic mass is 15.3. The minimum atomic E-state index is 0.513. The van der Waals surface area contributed by atoms with Crippen LogP contribution in [0.5, 0.6) is 0 Å². The van der Waals surface area contributed by atoms with Crippen LogP contribution in [0.1, 0.15) is 24.4 Å². The summed E-state index contributed by atoms with van der Waals surface area (Å²) in [6.07, 6.45) is 4.41. The van der Waals surface area contributed by atoms with Crippen LogP contribution < -0.4 is 5.32 Å². The molecule has 3 aromatic rings. The van der Waals surface area contributed by atoms with Gasteiger partial charge in [-0.3, -0.25) is 5.10 Å². The Balaban J connectivity index is 1.90. The molecule has 86 valence electrons. The summed E-state index contributed by atoms with van der Waals surface area (Å²) in [5, 5.41) is 6.69. The summed E-state index contributed by atoms with van der Waals surface area (Å²) in [5.74, 6) is 0. The molecule has 1 aliphatic rings. The van der Waals surface area contributed by atoms with Crippen LogP contribution in [0.2, 0.25) is 0 Å². The van der Waals surface area contributed by atoms with Crippen LogP contribution in [-0.4, -0.2) is 21.1 Å². The molecule has 17 heavy (non-hydrogen) atoms. The van der Waals surface area contributed by atoms with Gasteiger partial charge in [-0.05, 0) is 37.1 Å². The number of imidazole rings is 1. The van der Waals surface area contributed by atoms with Crippen molar-refractivity contribution in [3.05, 3.63) is 36.0 Å². The summed E-state index contributed by atoms with van der Waals surface area (Å²) < 4.78 is 2.02. The molecule has 0 bridgehead atoms. The third-order valence-corrected chi connectivity index (χ3v) is 3.60. The van der Waals surface area contributed by atoms with Crippen LogP contribution in [0, 0.1) is 0 Å². The Bertz CT molecular complexity index is 673. The van der Waals surface area contributed by atoms with E-state index in [0.29, 0.717) is 6.04 Å². The van der Waals surface area contributed by atoms with Gasteiger partial charge in [0.25, 0.3) is 0 Å². The molecule has 4 nitrogen and oxygen atoms in total. The first-order chi connectivity index (χ1) is 8.42. The largest absolute Gasteiger partial charge is 0.310 e. The fourth-order valence-electron chi connectivity index (χ4n) is 2.74. The van der Waals surface area contributed by atoms with Crippen molar-refractivity contribution in [2.45, 2.75) is 18.9 Å². The quantitative estimate of drug-likeness (QED) is 0.668. The Hall–Kier alpha value is -1.81. The molecule has 4 heteroatoms. The number of aromatic nitrogens is 3. The summed E-state index contributed by atoms with van der Waals surface area (Å²) >= 11 is 0. The van der Waals surface area contributed by atoms with Crippen molar-refractivity contribution in [2.24, 2.45) is 0 Å². The molecule has 1 unspecified atom stereocenters. The van der Waals surface area contributed by atoms with Crippen molar-refractivity contribution in [1.82, 2.24) is 19.9 Å². The Morgan fingerprint density at radius 3 is 3.18 bits per heavy atom. The number of benzene rings is 1. The van der Waals surface area contributed by atoms with E-state index in [0.717, 1.165) is 23.2 Å². The van der Waals surface area contributed by atoms with E-state index in [1.54, 1.807) is 0 Å². The normalized spacial score (nSPS) is 20.6. The van der Waals surface area contributed by atoms with Gasteiger partial charge in [0.15, 0.2) is 5.65 Å². The number of hydrogen-bond acceptors (Lipinski definition) is 2. The highest BCUT2D eigenvalue weighted by molar-refractivity contribution is 5.80. The Morgan fingerprint density at radius 2 is 2.29 bits per heavy atom. The van der Waals surface area contributed by atoms with Gasteiger partial charge in [0.05, 0.1) is 11.0 Å². The first kappa shape index (κ1) is 9.24.